The Balaban J connectivity index is 0.000000209. The van der Waals surface area contributed by atoms with Crippen molar-refractivity contribution in [3.8, 4) is 0 Å². The van der Waals surface area contributed by atoms with Crippen molar-refractivity contribution in [3.05, 3.63) is 107 Å². The minimum atomic E-state index is 0.299. The number of rotatable bonds is 8. The largest absolute Gasteiger partial charge is 0.330 e. The van der Waals surface area contributed by atoms with Crippen molar-refractivity contribution in [1.82, 2.24) is 5.32 Å². The molecule has 0 atom stereocenters. The van der Waals surface area contributed by atoms with E-state index in [2.05, 4.69) is 104 Å². The minimum absolute atomic E-state index is 0.299. The van der Waals surface area contributed by atoms with Gasteiger partial charge in [0.15, 0.2) is 0 Å². The molecule has 0 amide bonds. The van der Waals surface area contributed by atoms with Gasteiger partial charge in [-0.25, -0.2) is 0 Å². The summed E-state index contributed by atoms with van der Waals surface area (Å²) >= 11 is 0. The van der Waals surface area contributed by atoms with Crippen LogP contribution < -0.4 is 11.1 Å². The van der Waals surface area contributed by atoms with Gasteiger partial charge in [-0.3, -0.25) is 0 Å². The van der Waals surface area contributed by atoms with Crippen LogP contribution in [0, 0.1) is 0 Å². The van der Waals surface area contributed by atoms with Crippen molar-refractivity contribution in [1.29, 1.82) is 0 Å². The molecule has 0 heterocycles. The topological polar surface area (TPSA) is 38.0 Å². The second-order valence-electron chi connectivity index (χ2n) is 6.87. The van der Waals surface area contributed by atoms with Gasteiger partial charge >= 0.3 is 0 Å². The molecule has 0 fully saturated rings. The lowest BCUT2D eigenvalue weighted by molar-refractivity contribution is 0.631. The number of nitrogens with one attached hydrogen (secondary N) is 1. The molecule has 0 saturated heterocycles. The lowest BCUT2D eigenvalue weighted by Crippen LogP contribution is -2.21. The first kappa shape index (κ1) is 21.9. The summed E-state index contributed by atoms with van der Waals surface area (Å²) in [6.07, 6.45) is 3.40. The van der Waals surface area contributed by atoms with Crippen LogP contribution in [0.3, 0.4) is 0 Å². The molecule has 0 saturated carbocycles. The summed E-state index contributed by atoms with van der Waals surface area (Å²) in [5.74, 6) is 0. The number of hydrogen-bond acceptors (Lipinski definition) is 2. The van der Waals surface area contributed by atoms with E-state index < -0.39 is 0 Å². The smallest absolute Gasteiger partial charge is 0.0576 e. The average Bonchev–Trinajstić information content (AvgIpc) is 2.75. The van der Waals surface area contributed by atoms with Crippen molar-refractivity contribution >= 4 is 0 Å². The van der Waals surface area contributed by atoms with E-state index >= 15 is 0 Å². The first-order valence-corrected chi connectivity index (χ1v) is 10.4. The van der Waals surface area contributed by atoms with E-state index in [1.54, 1.807) is 0 Å². The van der Waals surface area contributed by atoms with Crippen molar-refractivity contribution < 1.29 is 0 Å². The Morgan fingerprint density at radius 3 is 1.57 bits per heavy atom. The van der Waals surface area contributed by atoms with Crippen LogP contribution in [0.2, 0.25) is 0 Å². The maximum atomic E-state index is 5.53. The highest BCUT2D eigenvalue weighted by molar-refractivity contribution is 5.31. The highest BCUT2D eigenvalue weighted by atomic mass is 14.9. The zero-order chi connectivity index (χ0) is 20.0. The average molecular weight is 375 g/mol. The molecule has 3 N–H and O–H groups in total. The predicted octanol–water partition coefficient (Wildman–Crippen LogP) is 5.53. The highest BCUT2D eigenvalue weighted by Gasteiger charge is 2.11. The summed E-state index contributed by atoms with van der Waals surface area (Å²) < 4.78 is 0. The Morgan fingerprint density at radius 1 is 0.679 bits per heavy atom. The van der Waals surface area contributed by atoms with Crippen LogP contribution in [-0.4, -0.2) is 13.1 Å². The first-order chi connectivity index (χ1) is 13.8. The SMILES string of the molecule is CCCc1ccccc1CCN.CCNC(c1ccccc1)c1ccccc1. The molecule has 0 aliphatic rings. The third-order valence-electron chi connectivity index (χ3n) is 4.73. The Morgan fingerprint density at radius 2 is 1.14 bits per heavy atom. The van der Waals surface area contributed by atoms with Gasteiger partial charge in [-0.2, -0.15) is 0 Å². The molecule has 0 aliphatic carbocycles. The van der Waals surface area contributed by atoms with E-state index in [-0.39, 0.29) is 0 Å². The van der Waals surface area contributed by atoms with E-state index in [1.807, 2.05) is 0 Å². The molecule has 0 bridgehead atoms. The monoisotopic (exact) mass is 374 g/mol. The number of hydrogen-bond donors (Lipinski definition) is 2. The van der Waals surface area contributed by atoms with Crippen LogP contribution >= 0.6 is 0 Å². The van der Waals surface area contributed by atoms with Crippen LogP contribution in [0.15, 0.2) is 84.9 Å². The molecule has 2 heteroatoms. The molecule has 0 radical (unpaired) electrons. The van der Waals surface area contributed by atoms with Crippen molar-refractivity contribution in [2.75, 3.05) is 13.1 Å². The van der Waals surface area contributed by atoms with E-state index in [0.717, 1.165) is 19.5 Å². The fraction of sp³-hybridized carbons (Fsp3) is 0.308. The highest BCUT2D eigenvalue weighted by Crippen LogP contribution is 2.21. The number of nitrogens with two attached hydrogens (primary N) is 1. The van der Waals surface area contributed by atoms with Crippen molar-refractivity contribution in [2.24, 2.45) is 5.73 Å². The maximum absolute atomic E-state index is 5.53. The van der Waals surface area contributed by atoms with Gasteiger partial charge in [-0.15, -0.1) is 0 Å². The van der Waals surface area contributed by atoms with Crippen molar-refractivity contribution in [2.45, 2.75) is 39.2 Å². The third kappa shape index (κ3) is 6.95. The van der Waals surface area contributed by atoms with Crippen LogP contribution in [0.5, 0.6) is 0 Å². The second kappa shape index (κ2) is 12.9. The summed E-state index contributed by atoms with van der Waals surface area (Å²) in [5.41, 5.74) is 11.0. The Hall–Kier alpha value is -2.42. The fourth-order valence-corrected chi connectivity index (χ4v) is 3.39. The molecular formula is C26H34N2. The molecule has 2 nitrogen and oxygen atoms in total. The van der Waals surface area contributed by atoms with Gasteiger partial charge in [0.2, 0.25) is 0 Å². The lowest BCUT2D eigenvalue weighted by atomic mass is 9.99. The first-order valence-electron chi connectivity index (χ1n) is 10.4. The maximum Gasteiger partial charge on any atom is 0.0576 e. The molecule has 28 heavy (non-hydrogen) atoms. The third-order valence-corrected chi connectivity index (χ3v) is 4.73. The normalized spacial score (nSPS) is 10.4. The fourth-order valence-electron chi connectivity index (χ4n) is 3.39. The summed E-state index contributed by atoms with van der Waals surface area (Å²) in [7, 11) is 0. The molecule has 3 rings (SSSR count). The summed E-state index contributed by atoms with van der Waals surface area (Å²) in [6, 6.07) is 30.0. The van der Waals surface area contributed by atoms with E-state index in [1.165, 1.54) is 35.1 Å². The molecule has 0 unspecified atom stereocenters. The van der Waals surface area contributed by atoms with Gasteiger partial charge in [0.05, 0.1) is 6.04 Å². The molecule has 0 aliphatic heterocycles. The van der Waals surface area contributed by atoms with E-state index in [0.29, 0.717) is 6.04 Å². The van der Waals surface area contributed by atoms with Crippen LogP contribution in [0.25, 0.3) is 0 Å². The molecule has 3 aromatic rings. The van der Waals surface area contributed by atoms with Gasteiger partial charge in [0.1, 0.15) is 0 Å². The Bertz CT molecular complexity index is 704. The van der Waals surface area contributed by atoms with Crippen LogP contribution in [0.4, 0.5) is 0 Å². The molecule has 0 spiro atoms. The van der Waals surface area contributed by atoms with Gasteiger partial charge in [0, 0.05) is 0 Å². The molecule has 3 aromatic carbocycles. The number of aryl methyl sites for hydroxylation is 1. The van der Waals surface area contributed by atoms with Gasteiger partial charge < -0.3 is 11.1 Å². The summed E-state index contributed by atoms with van der Waals surface area (Å²) in [6.45, 7) is 6.06. The minimum Gasteiger partial charge on any atom is -0.330 e. The zero-order valence-corrected chi connectivity index (χ0v) is 17.3. The molecule has 0 aromatic heterocycles. The van der Waals surface area contributed by atoms with E-state index in [9.17, 15) is 0 Å². The predicted molar refractivity (Wildman–Crippen MR) is 122 cm³/mol. The Kier molecular flexibility index (Phi) is 10.1. The van der Waals surface area contributed by atoms with Crippen LogP contribution in [0.1, 0.15) is 48.6 Å². The number of benzene rings is 3. The van der Waals surface area contributed by atoms with Crippen LogP contribution in [-0.2, 0) is 12.8 Å². The van der Waals surface area contributed by atoms with Crippen molar-refractivity contribution in [3.63, 3.8) is 0 Å². The summed E-state index contributed by atoms with van der Waals surface area (Å²) in [5, 5.41) is 3.52. The van der Waals surface area contributed by atoms with E-state index in [4.69, 9.17) is 5.73 Å². The van der Waals surface area contributed by atoms with Gasteiger partial charge in [-0.05, 0) is 48.2 Å². The summed E-state index contributed by atoms with van der Waals surface area (Å²) in [4.78, 5) is 0. The standard InChI is InChI=1S/C15H17N.C11H17N/c1-2-16-15(13-9-5-3-6-10-13)14-11-7-4-8-12-14;1-2-5-10-6-3-4-7-11(10)8-9-12/h3-12,15-16H,2H2,1H3;3-4,6-7H,2,5,8-9,12H2,1H3. The van der Waals surface area contributed by atoms with Gasteiger partial charge in [-0.1, -0.05) is 105 Å². The lowest BCUT2D eigenvalue weighted by Gasteiger charge is -2.18. The molecule has 148 valence electrons. The second-order valence-corrected chi connectivity index (χ2v) is 6.87. The zero-order valence-electron chi connectivity index (χ0n) is 17.3. The Labute approximate surface area is 170 Å². The quantitative estimate of drug-likeness (QED) is 0.544. The van der Waals surface area contributed by atoms with Gasteiger partial charge in [0.25, 0.3) is 0 Å². The molecular weight excluding hydrogens is 340 g/mol.